The van der Waals surface area contributed by atoms with Crippen LogP contribution in [0, 0.1) is 0 Å². The molecule has 0 amide bonds. The second-order valence-corrected chi connectivity index (χ2v) is 5.45. The van der Waals surface area contributed by atoms with Gasteiger partial charge >= 0.3 is 15.5 Å². The summed E-state index contributed by atoms with van der Waals surface area (Å²) >= 11 is 0. The Hall–Kier alpha value is -0.560. The van der Waals surface area contributed by atoms with Gasteiger partial charge in [0, 0.05) is 12.6 Å². The summed E-state index contributed by atoms with van der Waals surface area (Å²) in [6, 6.07) is -0.711. The Morgan fingerprint density at radius 3 is 2.40 bits per heavy atom. The highest BCUT2D eigenvalue weighted by Gasteiger charge is 2.52. The van der Waals surface area contributed by atoms with Gasteiger partial charge in [-0.1, -0.05) is 12.2 Å². The van der Waals surface area contributed by atoms with Crippen molar-refractivity contribution in [3.63, 3.8) is 0 Å². The van der Waals surface area contributed by atoms with E-state index in [1.165, 1.54) is 6.92 Å². The van der Waals surface area contributed by atoms with E-state index in [2.05, 4.69) is 6.58 Å². The van der Waals surface area contributed by atoms with E-state index in [0.29, 0.717) is 22.7 Å². The normalized spacial score (nSPS) is 24.4. The molecule has 0 aromatic heterocycles. The van der Waals surface area contributed by atoms with E-state index in [1.807, 2.05) is 0 Å². The maximum Gasteiger partial charge on any atom is 0.511 e. The first-order valence-electron chi connectivity index (χ1n) is 4.41. The predicted molar refractivity (Wildman–Crippen MR) is 49.5 cm³/mol. The molecule has 0 N–H and O–H groups in total. The highest BCUT2D eigenvalue weighted by molar-refractivity contribution is 7.90. The van der Waals surface area contributed by atoms with E-state index in [4.69, 9.17) is 0 Å². The van der Waals surface area contributed by atoms with Crippen molar-refractivity contribution in [2.45, 2.75) is 31.3 Å². The standard InChI is InChI=1S/C8H12F3NO2S/c1-6(2)7-4-3-5-12(7)15(13,14)8(9,10)11/h7H,1,3-5H2,2H3. The molecule has 1 aliphatic heterocycles. The summed E-state index contributed by atoms with van der Waals surface area (Å²) in [5.74, 6) is 0. The van der Waals surface area contributed by atoms with Gasteiger partial charge < -0.3 is 0 Å². The van der Waals surface area contributed by atoms with Gasteiger partial charge in [0.05, 0.1) is 0 Å². The van der Waals surface area contributed by atoms with E-state index < -0.39 is 21.6 Å². The van der Waals surface area contributed by atoms with E-state index in [1.54, 1.807) is 0 Å². The molecule has 1 fully saturated rings. The van der Waals surface area contributed by atoms with Crippen LogP contribution in [0.5, 0.6) is 0 Å². The van der Waals surface area contributed by atoms with Crippen LogP contribution in [-0.4, -0.2) is 30.8 Å². The van der Waals surface area contributed by atoms with Crippen LogP contribution in [0.25, 0.3) is 0 Å². The first kappa shape index (κ1) is 12.5. The molecule has 0 aliphatic carbocycles. The Bertz CT molecular complexity index is 361. The molecule has 0 aromatic carbocycles. The molecule has 0 saturated carbocycles. The molecule has 0 spiro atoms. The molecule has 1 saturated heterocycles. The van der Waals surface area contributed by atoms with Crippen LogP contribution >= 0.6 is 0 Å². The van der Waals surface area contributed by atoms with Crippen LogP contribution in [0.1, 0.15) is 19.8 Å². The Labute approximate surface area is 86.6 Å². The Kier molecular flexibility index (Phi) is 3.16. The molecule has 1 rings (SSSR count). The molecule has 88 valence electrons. The van der Waals surface area contributed by atoms with Gasteiger partial charge in [0.15, 0.2) is 0 Å². The van der Waals surface area contributed by atoms with E-state index in [-0.39, 0.29) is 6.54 Å². The zero-order valence-corrected chi connectivity index (χ0v) is 9.03. The number of nitrogens with zero attached hydrogens (tertiary/aromatic N) is 1. The summed E-state index contributed by atoms with van der Waals surface area (Å²) in [5.41, 5.74) is -4.77. The lowest BCUT2D eigenvalue weighted by Gasteiger charge is -2.24. The average molecular weight is 243 g/mol. The largest absolute Gasteiger partial charge is 0.511 e. The third kappa shape index (κ3) is 2.17. The molecular formula is C8H12F3NO2S. The van der Waals surface area contributed by atoms with Gasteiger partial charge in [-0.15, -0.1) is 0 Å². The van der Waals surface area contributed by atoms with E-state index in [9.17, 15) is 21.6 Å². The molecule has 1 unspecified atom stereocenters. The van der Waals surface area contributed by atoms with Gasteiger partial charge in [-0.25, -0.2) is 8.42 Å². The zero-order valence-electron chi connectivity index (χ0n) is 8.21. The van der Waals surface area contributed by atoms with Gasteiger partial charge in [0.25, 0.3) is 0 Å². The fourth-order valence-corrected chi connectivity index (χ4v) is 2.91. The monoisotopic (exact) mass is 243 g/mol. The number of halogens is 3. The SMILES string of the molecule is C=C(C)C1CCCN1S(=O)(=O)C(F)(F)F. The van der Waals surface area contributed by atoms with Crippen LogP contribution < -0.4 is 0 Å². The van der Waals surface area contributed by atoms with Gasteiger partial charge in [-0.2, -0.15) is 17.5 Å². The third-order valence-electron chi connectivity index (χ3n) is 2.37. The fourth-order valence-electron chi connectivity index (χ4n) is 1.65. The number of sulfonamides is 1. The summed E-state index contributed by atoms with van der Waals surface area (Å²) in [6.07, 6.45) is 0.845. The first-order chi connectivity index (χ1) is 6.68. The molecule has 1 atom stereocenters. The first-order valence-corrected chi connectivity index (χ1v) is 5.85. The van der Waals surface area contributed by atoms with Crippen LogP contribution in [0.3, 0.4) is 0 Å². The van der Waals surface area contributed by atoms with E-state index >= 15 is 0 Å². The molecule has 15 heavy (non-hydrogen) atoms. The van der Waals surface area contributed by atoms with Gasteiger partial charge in [0.1, 0.15) is 0 Å². The minimum absolute atomic E-state index is 0.0840. The molecule has 0 bridgehead atoms. The van der Waals surface area contributed by atoms with Crippen molar-refractivity contribution in [2.75, 3.05) is 6.54 Å². The van der Waals surface area contributed by atoms with Crippen molar-refractivity contribution < 1.29 is 21.6 Å². The Balaban J connectivity index is 3.03. The lowest BCUT2D eigenvalue weighted by atomic mass is 10.1. The van der Waals surface area contributed by atoms with Crippen molar-refractivity contribution in [2.24, 2.45) is 0 Å². The average Bonchev–Trinajstić information content (AvgIpc) is 2.48. The van der Waals surface area contributed by atoms with Crippen molar-refractivity contribution >= 4 is 10.0 Å². The van der Waals surface area contributed by atoms with Crippen molar-refractivity contribution in [1.29, 1.82) is 0 Å². The minimum atomic E-state index is -5.22. The summed E-state index contributed by atoms with van der Waals surface area (Å²) in [6.45, 7) is 4.96. The van der Waals surface area contributed by atoms with Crippen LogP contribution in [0.4, 0.5) is 13.2 Å². The Morgan fingerprint density at radius 2 is 2.00 bits per heavy atom. The van der Waals surface area contributed by atoms with Crippen molar-refractivity contribution in [3.05, 3.63) is 12.2 Å². The summed E-state index contributed by atoms with van der Waals surface area (Å²) in [7, 11) is -5.20. The molecule has 0 radical (unpaired) electrons. The number of rotatable bonds is 2. The molecule has 1 heterocycles. The minimum Gasteiger partial charge on any atom is -0.203 e. The third-order valence-corrected chi connectivity index (χ3v) is 4.01. The maximum atomic E-state index is 12.3. The highest BCUT2D eigenvalue weighted by atomic mass is 32.2. The van der Waals surface area contributed by atoms with Gasteiger partial charge in [-0.3, -0.25) is 0 Å². The lowest BCUT2D eigenvalue weighted by molar-refractivity contribution is -0.0489. The smallest absolute Gasteiger partial charge is 0.203 e. The summed E-state index contributed by atoms with van der Waals surface area (Å²) in [5, 5.41) is 0. The lowest BCUT2D eigenvalue weighted by Crippen LogP contribution is -2.43. The second kappa shape index (κ2) is 3.79. The topological polar surface area (TPSA) is 37.4 Å². The predicted octanol–water partition coefficient (Wildman–Crippen LogP) is 1.88. The molecule has 0 aromatic rings. The number of hydrogen-bond acceptors (Lipinski definition) is 2. The van der Waals surface area contributed by atoms with Crippen molar-refractivity contribution in [3.8, 4) is 0 Å². The Morgan fingerprint density at radius 1 is 1.47 bits per heavy atom. The summed E-state index contributed by atoms with van der Waals surface area (Å²) < 4.78 is 59.5. The van der Waals surface area contributed by atoms with Crippen LogP contribution in [-0.2, 0) is 10.0 Å². The van der Waals surface area contributed by atoms with Gasteiger partial charge in [-0.05, 0) is 19.8 Å². The quantitative estimate of drug-likeness (QED) is 0.694. The molecule has 3 nitrogen and oxygen atoms in total. The molecule has 1 aliphatic rings. The highest BCUT2D eigenvalue weighted by Crippen LogP contribution is 2.34. The van der Waals surface area contributed by atoms with Crippen LogP contribution in [0.15, 0.2) is 12.2 Å². The fraction of sp³-hybridized carbons (Fsp3) is 0.750. The second-order valence-electron chi connectivity index (χ2n) is 3.57. The van der Waals surface area contributed by atoms with Crippen LogP contribution in [0.2, 0.25) is 0 Å². The van der Waals surface area contributed by atoms with Gasteiger partial charge in [0.2, 0.25) is 0 Å². The summed E-state index contributed by atoms with van der Waals surface area (Å²) in [4.78, 5) is 0. The van der Waals surface area contributed by atoms with Crippen molar-refractivity contribution in [1.82, 2.24) is 4.31 Å². The zero-order chi connectivity index (χ0) is 11.9. The molecular weight excluding hydrogens is 231 g/mol. The van der Waals surface area contributed by atoms with E-state index in [0.717, 1.165) is 0 Å². The maximum absolute atomic E-state index is 12.3. The number of alkyl halides is 3. The molecule has 7 heteroatoms. The number of hydrogen-bond donors (Lipinski definition) is 0.